The van der Waals surface area contributed by atoms with Crippen molar-refractivity contribution in [3.05, 3.63) is 24.3 Å². The van der Waals surface area contributed by atoms with Crippen molar-refractivity contribution in [3.8, 4) is 5.75 Å². The molecule has 0 bridgehead atoms. The van der Waals surface area contributed by atoms with Crippen molar-refractivity contribution in [1.82, 2.24) is 5.32 Å². The fourth-order valence-electron chi connectivity index (χ4n) is 3.14. The number of hydrogen-bond acceptors (Lipinski definition) is 4. The SMILES string of the molecule is CNCC1(CN(C)c2ccccc2OC)CCCOC1. The van der Waals surface area contributed by atoms with Gasteiger partial charge >= 0.3 is 0 Å². The molecule has 1 aromatic carbocycles. The standard InChI is InChI=1S/C16H26N2O2/c1-17-11-16(9-6-10-20-13-16)12-18(2)14-7-4-5-8-15(14)19-3/h4-5,7-8,17H,6,9-13H2,1-3H3. The molecule has 1 N–H and O–H groups in total. The zero-order valence-corrected chi connectivity index (χ0v) is 12.8. The van der Waals surface area contributed by atoms with E-state index < -0.39 is 0 Å². The van der Waals surface area contributed by atoms with Crippen LogP contribution in [-0.2, 0) is 4.74 Å². The van der Waals surface area contributed by atoms with E-state index in [4.69, 9.17) is 9.47 Å². The molecule has 112 valence electrons. The van der Waals surface area contributed by atoms with Crippen LogP contribution in [0.4, 0.5) is 5.69 Å². The van der Waals surface area contributed by atoms with Crippen LogP contribution in [0, 0.1) is 5.41 Å². The van der Waals surface area contributed by atoms with Crippen LogP contribution >= 0.6 is 0 Å². The third-order valence-electron chi connectivity index (χ3n) is 4.02. The van der Waals surface area contributed by atoms with Crippen LogP contribution in [0.5, 0.6) is 5.75 Å². The molecule has 1 atom stereocenters. The van der Waals surface area contributed by atoms with Gasteiger partial charge in [0.05, 0.1) is 19.4 Å². The molecule has 0 aliphatic carbocycles. The summed E-state index contributed by atoms with van der Waals surface area (Å²) in [5.41, 5.74) is 1.32. The lowest BCUT2D eigenvalue weighted by molar-refractivity contribution is -0.00186. The molecule has 1 aromatic rings. The van der Waals surface area contributed by atoms with Gasteiger partial charge in [-0.05, 0) is 32.0 Å². The Labute approximate surface area is 122 Å². The quantitative estimate of drug-likeness (QED) is 0.864. The predicted octanol–water partition coefficient (Wildman–Crippen LogP) is 2.15. The molecule has 0 spiro atoms. The third-order valence-corrected chi connectivity index (χ3v) is 4.02. The summed E-state index contributed by atoms with van der Waals surface area (Å²) in [5, 5.41) is 3.33. The van der Waals surface area contributed by atoms with Crippen molar-refractivity contribution >= 4 is 5.69 Å². The largest absolute Gasteiger partial charge is 0.495 e. The van der Waals surface area contributed by atoms with Crippen LogP contribution in [0.25, 0.3) is 0 Å². The molecule has 1 fully saturated rings. The number of benzene rings is 1. The minimum Gasteiger partial charge on any atom is -0.495 e. The highest BCUT2D eigenvalue weighted by Crippen LogP contribution is 2.33. The van der Waals surface area contributed by atoms with Crippen LogP contribution in [0.15, 0.2) is 24.3 Å². The number of hydrogen-bond donors (Lipinski definition) is 1. The molecule has 4 heteroatoms. The monoisotopic (exact) mass is 278 g/mol. The maximum absolute atomic E-state index is 5.73. The van der Waals surface area contributed by atoms with E-state index in [1.54, 1.807) is 7.11 Å². The summed E-state index contributed by atoms with van der Waals surface area (Å²) in [6.07, 6.45) is 2.34. The third kappa shape index (κ3) is 3.44. The van der Waals surface area contributed by atoms with Crippen molar-refractivity contribution < 1.29 is 9.47 Å². The summed E-state index contributed by atoms with van der Waals surface area (Å²) in [4.78, 5) is 2.28. The van der Waals surface area contributed by atoms with Crippen LogP contribution in [-0.4, -0.2) is 47.5 Å². The molecular formula is C16H26N2O2. The van der Waals surface area contributed by atoms with Crippen LogP contribution in [0.1, 0.15) is 12.8 Å². The Bertz CT molecular complexity index is 411. The summed E-state index contributed by atoms with van der Waals surface area (Å²) in [6, 6.07) is 8.17. The van der Waals surface area contributed by atoms with Crippen molar-refractivity contribution in [2.24, 2.45) is 5.41 Å². The Balaban J connectivity index is 2.13. The second kappa shape index (κ2) is 6.95. The normalized spacial score (nSPS) is 22.6. The van der Waals surface area contributed by atoms with Crippen molar-refractivity contribution in [3.63, 3.8) is 0 Å². The zero-order chi connectivity index (χ0) is 14.4. The number of rotatable bonds is 6. The Kier molecular flexibility index (Phi) is 5.26. The molecule has 2 rings (SSSR count). The zero-order valence-electron chi connectivity index (χ0n) is 12.8. The molecule has 1 aliphatic rings. The summed E-state index contributed by atoms with van der Waals surface area (Å²) in [5.74, 6) is 0.923. The van der Waals surface area contributed by atoms with Crippen molar-refractivity contribution in [2.45, 2.75) is 12.8 Å². The Morgan fingerprint density at radius 3 is 2.85 bits per heavy atom. The second-order valence-electron chi connectivity index (χ2n) is 5.71. The minimum absolute atomic E-state index is 0.183. The van der Waals surface area contributed by atoms with Gasteiger partial charge in [0.1, 0.15) is 5.75 Å². The lowest BCUT2D eigenvalue weighted by atomic mass is 9.81. The summed E-state index contributed by atoms with van der Waals surface area (Å²) in [7, 11) is 5.86. The fraction of sp³-hybridized carbons (Fsp3) is 0.625. The van der Waals surface area contributed by atoms with Gasteiger partial charge in [-0.25, -0.2) is 0 Å². The number of nitrogens with one attached hydrogen (secondary N) is 1. The molecule has 0 amide bonds. The molecule has 1 saturated heterocycles. The number of anilines is 1. The van der Waals surface area contributed by atoms with E-state index in [0.717, 1.165) is 44.2 Å². The molecule has 0 saturated carbocycles. The van der Waals surface area contributed by atoms with E-state index in [9.17, 15) is 0 Å². The minimum atomic E-state index is 0.183. The first kappa shape index (κ1) is 15.1. The van der Waals surface area contributed by atoms with Gasteiger partial charge in [0, 0.05) is 32.2 Å². The van der Waals surface area contributed by atoms with Gasteiger partial charge in [-0.3, -0.25) is 0 Å². The molecule has 0 aromatic heterocycles. The molecule has 1 aliphatic heterocycles. The fourth-order valence-corrected chi connectivity index (χ4v) is 3.14. The molecule has 20 heavy (non-hydrogen) atoms. The van der Waals surface area contributed by atoms with E-state index in [1.165, 1.54) is 6.42 Å². The van der Waals surface area contributed by atoms with Gasteiger partial charge in [-0.2, -0.15) is 0 Å². The van der Waals surface area contributed by atoms with Crippen molar-refractivity contribution in [2.75, 3.05) is 52.4 Å². The molecule has 4 nitrogen and oxygen atoms in total. The number of para-hydroxylation sites is 2. The second-order valence-corrected chi connectivity index (χ2v) is 5.71. The van der Waals surface area contributed by atoms with Crippen LogP contribution in [0.3, 0.4) is 0 Å². The highest BCUT2D eigenvalue weighted by molar-refractivity contribution is 5.58. The van der Waals surface area contributed by atoms with E-state index in [0.29, 0.717) is 0 Å². The van der Waals surface area contributed by atoms with Gasteiger partial charge in [-0.1, -0.05) is 12.1 Å². The summed E-state index contributed by atoms with van der Waals surface area (Å²) >= 11 is 0. The van der Waals surface area contributed by atoms with Crippen LogP contribution < -0.4 is 15.0 Å². The molecule has 0 radical (unpaired) electrons. The number of nitrogens with zero attached hydrogens (tertiary/aromatic N) is 1. The first-order chi connectivity index (χ1) is 9.71. The maximum atomic E-state index is 5.73. The van der Waals surface area contributed by atoms with E-state index in [-0.39, 0.29) is 5.41 Å². The van der Waals surface area contributed by atoms with E-state index in [1.807, 2.05) is 19.2 Å². The summed E-state index contributed by atoms with van der Waals surface area (Å²) < 4.78 is 11.2. The lowest BCUT2D eigenvalue weighted by Gasteiger charge is -2.40. The van der Waals surface area contributed by atoms with E-state index in [2.05, 4.69) is 29.4 Å². The highest BCUT2D eigenvalue weighted by atomic mass is 16.5. The lowest BCUT2D eigenvalue weighted by Crippen LogP contribution is -2.47. The Hall–Kier alpha value is -1.26. The van der Waals surface area contributed by atoms with Gasteiger partial charge in [0.2, 0.25) is 0 Å². The topological polar surface area (TPSA) is 33.7 Å². The number of ether oxygens (including phenoxy) is 2. The molecule has 1 heterocycles. The predicted molar refractivity (Wildman–Crippen MR) is 82.7 cm³/mol. The molecular weight excluding hydrogens is 252 g/mol. The average molecular weight is 278 g/mol. The summed E-state index contributed by atoms with van der Waals surface area (Å²) in [6.45, 7) is 3.66. The highest BCUT2D eigenvalue weighted by Gasteiger charge is 2.34. The van der Waals surface area contributed by atoms with Crippen LogP contribution in [0.2, 0.25) is 0 Å². The average Bonchev–Trinajstić information content (AvgIpc) is 2.48. The van der Waals surface area contributed by atoms with Gasteiger partial charge in [0.15, 0.2) is 0 Å². The van der Waals surface area contributed by atoms with Gasteiger partial charge in [-0.15, -0.1) is 0 Å². The smallest absolute Gasteiger partial charge is 0.142 e. The molecule has 1 unspecified atom stereocenters. The van der Waals surface area contributed by atoms with Gasteiger partial charge in [0.25, 0.3) is 0 Å². The van der Waals surface area contributed by atoms with Gasteiger partial charge < -0.3 is 19.7 Å². The first-order valence-electron chi connectivity index (χ1n) is 7.27. The number of methoxy groups -OCH3 is 1. The Morgan fingerprint density at radius 1 is 1.40 bits per heavy atom. The maximum Gasteiger partial charge on any atom is 0.142 e. The van der Waals surface area contributed by atoms with Crippen molar-refractivity contribution in [1.29, 1.82) is 0 Å². The Morgan fingerprint density at radius 2 is 2.20 bits per heavy atom. The first-order valence-corrected chi connectivity index (χ1v) is 7.27. The van der Waals surface area contributed by atoms with E-state index >= 15 is 0 Å².